The van der Waals surface area contributed by atoms with Crippen LogP contribution in [0.25, 0.3) is 0 Å². The molecule has 9 nitrogen and oxygen atoms in total. The van der Waals surface area contributed by atoms with Crippen molar-refractivity contribution in [3.63, 3.8) is 0 Å². The van der Waals surface area contributed by atoms with Crippen LogP contribution in [0.4, 0.5) is 0 Å². The molecule has 1 aromatic heterocycles. The van der Waals surface area contributed by atoms with Gasteiger partial charge in [-0.3, -0.25) is 4.98 Å². The van der Waals surface area contributed by atoms with Crippen LogP contribution in [-0.2, 0) is 17.1 Å². The molecule has 0 N–H and O–H groups in total. The molecular formula is C5H5CuN3O6. The van der Waals surface area contributed by atoms with Gasteiger partial charge in [0.25, 0.3) is 0 Å². The maximum absolute atomic E-state index is 8.25. The summed E-state index contributed by atoms with van der Waals surface area (Å²) >= 11 is 0. The van der Waals surface area contributed by atoms with Crippen molar-refractivity contribution < 1.29 is 27.2 Å². The van der Waals surface area contributed by atoms with E-state index in [0.717, 1.165) is 0 Å². The van der Waals surface area contributed by atoms with Gasteiger partial charge >= 0.3 is 17.1 Å². The number of hydrogen-bond donors (Lipinski definition) is 0. The fourth-order valence-corrected chi connectivity index (χ4v) is 0.313. The molecule has 0 saturated heterocycles. The molecule has 0 aromatic carbocycles. The number of pyridine rings is 1. The third kappa shape index (κ3) is 73.9. The third-order valence-corrected chi connectivity index (χ3v) is 0.566. The number of nitrogens with zero attached hydrogens (tertiary/aromatic N) is 3. The van der Waals surface area contributed by atoms with E-state index in [2.05, 4.69) is 4.98 Å². The summed E-state index contributed by atoms with van der Waals surface area (Å²) in [5.74, 6) is 0. The summed E-state index contributed by atoms with van der Waals surface area (Å²) in [6, 6.07) is 5.72. The first-order valence-electron chi connectivity index (χ1n) is 2.95. The molecule has 0 saturated carbocycles. The van der Waals surface area contributed by atoms with E-state index in [-0.39, 0.29) is 17.1 Å². The van der Waals surface area contributed by atoms with Gasteiger partial charge in [-0.15, -0.1) is 0 Å². The average Bonchev–Trinajstić information content (AvgIpc) is 2.05. The predicted octanol–water partition coefficient (Wildman–Crippen LogP) is 0.601. The van der Waals surface area contributed by atoms with Gasteiger partial charge in [0.2, 0.25) is 0 Å². The molecule has 1 radical (unpaired) electrons. The molecule has 0 bridgehead atoms. The van der Waals surface area contributed by atoms with Crippen LogP contribution >= 0.6 is 0 Å². The molecule has 15 heavy (non-hydrogen) atoms. The molecule has 0 atom stereocenters. The van der Waals surface area contributed by atoms with Crippen molar-refractivity contribution >= 4 is 0 Å². The summed E-state index contributed by atoms with van der Waals surface area (Å²) in [6.45, 7) is 0. The minimum absolute atomic E-state index is 0. The van der Waals surface area contributed by atoms with Crippen LogP contribution in [0, 0.1) is 30.6 Å². The summed E-state index contributed by atoms with van der Waals surface area (Å²) in [5, 5.41) is 29.5. The van der Waals surface area contributed by atoms with Gasteiger partial charge < -0.3 is 30.6 Å². The Balaban J connectivity index is -0.000000145. The van der Waals surface area contributed by atoms with Crippen LogP contribution in [0.5, 0.6) is 0 Å². The van der Waals surface area contributed by atoms with Crippen molar-refractivity contribution in [2.45, 2.75) is 0 Å². The molecule has 0 amide bonds. The summed E-state index contributed by atoms with van der Waals surface area (Å²) in [6.07, 6.45) is 3.50. The summed E-state index contributed by atoms with van der Waals surface area (Å²) in [7, 11) is 0. The zero-order valence-corrected chi connectivity index (χ0v) is 7.92. The zero-order chi connectivity index (χ0) is 11.4. The minimum Gasteiger partial charge on any atom is -0.356 e. The molecule has 10 heteroatoms. The first-order valence-corrected chi connectivity index (χ1v) is 2.95. The van der Waals surface area contributed by atoms with E-state index in [1.807, 2.05) is 18.2 Å². The van der Waals surface area contributed by atoms with Crippen molar-refractivity contribution in [3.8, 4) is 0 Å². The van der Waals surface area contributed by atoms with Crippen LogP contribution < -0.4 is 0 Å². The second-order valence-electron chi connectivity index (χ2n) is 1.47. The Kier molecular flexibility index (Phi) is 18.3. The Labute approximate surface area is 94.1 Å². The van der Waals surface area contributed by atoms with E-state index in [9.17, 15) is 0 Å². The Bertz CT molecular complexity index is 211. The average molecular weight is 267 g/mol. The smallest absolute Gasteiger partial charge is 0.356 e. The maximum atomic E-state index is 8.25. The molecule has 1 aromatic rings. The van der Waals surface area contributed by atoms with Gasteiger partial charge in [0.05, 0.1) is 10.2 Å². The van der Waals surface area contributed by atoms with Crippen molar-refractivity contribution in [1.29, 1.82) is 0 Å². The normalized spacial score (nSPS) is 6.40. The molecule has 0 fully saturated rings. The maximum Gasteiger partial charge on any atom is 2.00 e. The van der Waals surface area contributed by atoms with E-state index in [0.29, 0.717) is 0 Å². The largest absolute Gasteiger partial charge is 2.00 e. The van der Waals surface area contributed by atoms with E-state index < -0.39 is 10.2 Å². The Hall–Kier alpha value is -1.93. The number of aromatic nitrogens is 1. The van der Waals surface area contributed by atoms with Gasteiger partial charge in [0, 0.05) is 12.4 Å². The quantitative estimate of drug-likeness (QED) is 0.379. The molecule has 0 aliphatic heterocycles. The second kappa shape index (κ2) is 14.6. The predicted molar refractivity (Wildman–Crippen MR) is 45.0 cm³/mol. The monoisotopic (exact) mass is 266 g/mol. The molecule has 87 valence electrons. The van der Waals surface area contributed by atoms with Crippen molar-refractivity contribution in [1.82, 2.24) is 4.98 Å². The van der Waals surface area contributed by atoms with Gasteiger partial charge in [0.1, 0.15) is 0 Å². The van der Waals surface area contributed by atoms with E-state index in [4.69, 9.17) is 30.6 Å². The van der Waals surface area contributed by atoms with Crippen LogP contribution in [0.2, 0.25) is 0 Å². The van der Waals surface area contributed by atoms with Gasteiger partial charge in [-0.25, -0.2) is 0 Å². The molecule has 0 aliphatic rings. The Morgan fingerprint density at radius 3 is 1.13 bits per heavy atom. The second-order valence-corrected chi connectivity index (χ2v) is 1.47. The van der Waals surface area contributed by atoms with E-state index in [1.165, 1.54) is 0 Å². The summed E-state index contributed by atoms with van der Waals surface area (Å²) in [4.78, 5) is 20.3. The summed E-state index contributed by atoms with van der Waals surface area (Å²) in [5.41, 5.74) is 0. The molecular weight excluding hydrogens is 262 g/mol. The number of hydrogen-bond acceptors (Lipinski definition) is 7. The molecule has 1 rings (SSSR count). The van der Waals surface area contributed by atoms with Crippen LogP contribution in [0.15, 0.2) is 30.6 Å². The summed E-state index contributed by atoms with van der Waals surface area (Å²) < 4.78 is 0. The Morgan fingerprint density at radius 1 is 0.800 bits per heavy atom. The van der Waals surface area contributed by atoms with E-state index in [1.54, 1.807) is 12.4 Å². The van der Waals surface area contributed by atoms with Crippen LogP contribution in [-0.4, -0.2) is 15.2 Å². The van der Waals surface area contributed by atoms with Crippen LogP contribution in [0.1, 0.15) is 0 Å². The fourth-order valence-electron chi connectivity index (χ4n) is 0.313. The Morgan fingerprint density at radius 2 is 1.07 bits per heavy atom. The fraction of sp³-hybridized carbons (Fsp3) is 0. The zero-order valence-electron chi connectivity index (χ0n) is 6.98. The van der Waals surface area contributed by atoms with Gasteiger partial charge in [-0.2, -0.15) is 0 Å². The first kappa shape index (κ1) is 18.8. The molecule has 1 heterocycles. The van der Waals surface area contributed by atoms with Gasteiger partial charge in [-0.05, 0) is 12.1 Å². The molecule has 0 spiro atoms. The minimum atomic E-state index is -1.75. The standard InChI is InChI=1S/C5H5N.Cu.2NO3/c1-2-4-6-5-3-1;;2*2-1(3)4/h1-5H;;;/q;+2;2*-1. The first-order chi connectivity index (χ1) is 6.46. The SMILES string of the molecule is O=[N+]([O-])[O-].O=[N+]([O-])[O-].[Cu+2].c1ccncc1. The van der Waals surface area contributed by atoms with Crippen molar-refractivity contribution in [2.24, 2.45) is 0 Å². The molecule has 0 aliphatic carbocycles. The van der Waals surface area contributed by atoms with E-state index >= 15 is 0 Å². The van der Waals surface area contributed by atoms with Gasteiger partial charge in [-0.1, -0.05) is 6.07 Å². The topological polar surface area (TPSA) is 145 Å². The van der Waals surface area contributed by atoms with Crippen molar-refractivity contribution in [3.05, 3.63) is 61.2 Å². The van der Waals surface area contributed by atoms with Crippen molar-refractivity contribution in [2.75, 3.05) is 0 Å². The van der Waals surface area contributed by atoms with Gasteiger partial charge in [0.15, 0.2) is 0 Å². The van der Waals surface area contributed by atoms with Crippen LogP contribution in [0.3, 0.4) is 0 Å². The molecule has 0 unspecified atom stereocenters. The number of rotatable bonds is 0. The third-order valence-electron chi connectivity index (χ3n) is 0.566.